The Morgan fingerprint density at radius 1 is 1.33 bits per heavy atom. The third-order valence-electron chi connectivity index (χ3n) is 1.38. The highest BCUT2D eigenvalue weighted by Gasteiger charge is 2.40. The number of esters is 1. The summed E-state index contributed by atoms with van der Waals surface area (Å²) in [6, 6.07) is 0. The highest BCUT2D eigenvalue weighted by Crippen LogP contribution is 2.20. The number of ether oxygens (including phenoxy) is 1. The summed E-state index contributed by atoms with van der Waals surface area (Å²) < 4.78 is 5.07. The molecule has 1 aliphatic heterocycles. The van der Waals surface area contributed by atoms with Gasteiger partial charge in [0.25, 0.3) is 0 Å². The molecule has 4 heteroatoms. The first kappa shape index (κ1) is 9.48. The van der Waals surface area contributed by atoms with Crippen LogP contribution in [0, 0.1) is 0 Å². The van der Waals surface area contributed by atoms with E-state index in [4.69, 9.17) is 4.74 Å². The first-order valence-corrected chi connectivity index (χ1v) is 3.95. The third kappa shape index (κ3) is 2.19. The molecule has 0 aromatic heterocycles. The van der Waals surface area contributed by atoms with Crippen molar-refractivity contribution in [1.29, 1.82) is 0 Å². The Labute approximate surface area is 71.7 Å². The summed E-state index contributed by atoms with van der Waals surface area (Å²) in [5, 5.41) is 0. The standard InChI is InChI=1S/C8H14O4/c1-5-6(12-11-5)7(9)10-8(2,3)4/h5-6H,1-4H3. The second kappa shape index (κ2) is 3.03. The van der Waals surface area contributed by atoms with Crippen LogP contribution in [0.2, 0.25) is 0 Å². The zero-order valence-corrected chi connectivity index (χ0v) is 7.79. The highest BCUT2D eigenvalue weighted by atomic mass is 17.2. The Morgan fingerprint density at radius 2 is 1.92 bits per heavy atom. The van der Waals surface area contributed by atoms with Crippen LogP contribution in [0.15, 0.2) is 0 Å². The maximum atomic E-state index is 11.2. The van der Waals surface area contributed by atoms with Crippen LogP contribution in [-0.4, -0.2) is 23.8 Å². The first-order valence-electron chi connectivity index (χ1n) is 3.95. The maximum absolute atomic E-state index is 11.2. The number of carbonyl (C=O) groups is 1. The van der Waals surface area contributed by atoms with Gasteiger partial charge in [-0.25, -0.2) is 14.6 Å². The van der Waals surface area contributed by atoms with Crippen LogP contribution < -0.4 is 0 Å². The lowest BCUT2D eigenvalue weighted by molar-refractivity contribution is -0.450. The van der Waals surface area contributed by atoms with Gasteiger partial charge in [-0.2, -0.15) is 0 Å². The van der Waals surface area contributed by atoms with E-state index in [1.54, 1.807) is 6.92 Å². The average Bonchev–Trinajstić information content (AvgIpc) is 1.79. The van der Waals surface area contributed by atoms with Gasteiger partial charge in [0.2, 0.25) is 6.10 Å². The molecule has 0 saturated carbocycles. The fourth-order valence-corrected chi connectivity index (χ4v) is 0.813. The van der Waals surface area contributed by atoms with E-state index in [1.807, 2.05) is 20.8 Å². The van der Waals surface area contributed by atoms with Crippen molar-refractivity contribution in [3.63, 3.8) is 0 Å². The minimum atomic E-state index is -0.552. The van der Waals surface area contributed by atoms with E-state index in [0.29, 0.717) is 0 Å². The summed E-state index contributed by atoms with van der Waals surface area (Å²) in [4.78, 5) is 20.4. The van der Waals surface area contributed by atoms with Crippen LogP contribution in [-0.2, 0) is 19.3 Å². The molecule has 12 heavy (non-hydrogen) atoms. The normalized spacial score (nSPS) is 29.3. The lowest BCUT2D eigenvalue weighted by atomic mass is 10.1. The fourth-order valence-electron chi connectivity index (χ4n) is 0.813. The molecular weight excluding hydrogens is 160 g/mol. The van der Waals surface area contributed by atoms with Crippen LogP contribution >= 0.6 is 0 Å². The molecule has 1 saturated heterocycles. The Morgan fingerprint density at radius 3 is 2.17 bits per heavy atom. The van der Waals surface area contributed by atoms with Gasteiger partial charge in [0.15, 0.2) is 0 Å². The van der Waals surface area contributed by atoms with Gasteiger partial charge in [-0.05, 0) is 27.7 Å². The molecule has 0 spiro atoms. The molecule has 1 heterocycles. The smallest absolute Gasteiger partial charge is 0.342 e. The van der Waals surface area contributed by atoms with Gasteiger partial charge < -0.3 is 4.74 Å². The van der Waals surface area contributed by atoms with Gasteiger partial charge in [0, 0.05) is 0 Å². The first-order chi connectivity index (χ1) is 5.40. The number of rotatable bonds is 1. The Bertz CT molecular complexity index is 182. The maximum Gasteiger partial charge on any atom is 0.342 e. The summed E-state index contributed by atoms with van der Waals surface area (Å²) in [7, 11) is 0. The molecule has 0 aliphatic carbocycles. The molecule has 0 radical (unpaired) electrons. The van der Waals surface area contributed by atoms with Crippen molar-refractivity contribution >= 4 is 5.97 Å². The van der Waals surface area contributed by atoms with E-state index < -0.39 is 11.7 Å². The van der Waals surface area contributed by atoms with Crippen LogP contribution in [0.1, 0.15) is 27.7 Å². The average molecular weight is 174 g/mol. The molecule has 4 nitrogen and oxygen atoms in total. The summed E-state index contributed by atoms with van der Waals surface area (Å²) in [6.07, 6.45) is -0.746. The molecule has 2 unspecified atom stereocenters. The zero-order valence-electron chi connectivity index (χ0n) is 7.79. The van der Waals surface area contributed by atoms with Gasteiger partial charge in [-0.3, -0.25) is 0 Å². The van der Waals surface area contributed by atoms with Gasteiger partial charge in [0.05, 0.1) is 0 Å². The molecule has 0 aromatic rings. The number of carbonyl (C=O) groups excluding carboxylic acids is 1. The minimum Gasteiger partial charge on any atom is -0.458 e. The molecule has 1 aliphatic rings. The van der Waals surface area contributed by atoms with Crippen molar-refractivity contribution in [1.82, 2.24) is 0 Å². The van der Waals surface area contributed by atoms with Crippen molar-refractivity contribution in [2.24, 2.45) is 0 Å². The van der Waals surface area contributed by atoms with E-state index in [2.05, 4.69) is 9.78 Å². The second-order valence-corrected chi connectivity index (χ2v) is 3.85. The molecule has 2 atom stereocenters. The Balaban J connectivity index is 2.39. The molecule has 1 rings (SSSR count). The van der Waals surface area contributed by atoms with Gasteiger partial charge >= 0.3 is 5.97 Å². The van der Waals surface area contributed by atoms with Gasteiger partial charge in [-0.1, -0.05) is 0 Å². The summed E-state index contributed by atoms with van der Waals surface area (Å²) >= 11 is 0. The molecule has 0 bridgehead atoms. The van der Waals surface area contributed by atoms with E-state index >= 15 is 0 Å². The molecule has 0 N–H and O–H groups in total. The topological polar surface area (TPSA) is 44.8 Å². The van der Waals surface area contributed by atoms with Crippen molar-refractivity contribution in [3.8, 4) is 0 Å². The number of hydrogen-bond donors (Lipinski definition) is 0. The van der Waals surface area contributed by atoms with E-state index in [1.165, 1.54) is 0 Å². The van der Waals surface area contributed by atoms with Crippen LogP contribution in [0.25, 0.3) is 0 Å². The van der Waals surface area contributed by atoms with Crippen molar-refractivity contribution in [2.45, 2.75) is 45.5 Å². The predicted molar refractivity (Wildman–Crippen MR) is 41.3 cm³/mol. The third-order valence-corrected chi connectivity index (χ3v) is 1.38. The number of hydrogen-bond acceptors (Lipinski definition) is 4. The van der Waals surface area contributed by atoms with E-state index in [0.717, 1.165) is 0 Å². The molecular formula is C8H14O4. The van der Waals surface area contributed by atoms with Crippen LogP contribution in [0.5, 0.6) is 0 Å². The van der Waals surface area contributed by atoms with Crippen molar-refractivity contribution in [2.75, 3.05) is 0 Å². The molecule has 70 valence electrons. The molecule has 0 amide bonds. The van der Waals surface area contributed by atoms with Crippen LogP contribution in [0.4, 0.5) is 0 Å². The fraction of sp³-hybridized carbons (Fsp3) is 0.875. The zero-order chi connectivity index (χ0) is 9.35. The molecule has 0 aromatic carbocycles. The summed E-state index contributed by atoms with van der Waals surface area (Å²) in [5.74, 6) is -0.360. The van der Waals surface area contributed by atoms with E-state index in [9.17, 15) is 4.79 Å². The highest BCUT2D eigenvalue weighted by molar-refractivity contribution is 5.76. The van der Waals surface area contributed by atoms with Crippen molar-refractivity contribution in [3.05, 3.63) is 0 Å². The Kier molecular flexibility index (Phi) is 2.39. The second-order valence-electron chi connectivity index (χ2n) is 3.85. The van der Waals surface area contributed by atoms with E-state index in [-0.39, 0.29) is 12.1 Å². The minimum absolute atomic E-state index is 0.195. The lowest BCUT2D eigenvalue weighted by Crippen LogP contribution is -2.48. The van der Waals surface area contributed by atoms with Gasteiger partial charge in [0.1, 0.15) is 11.7 Å². The van der Waals surface area contributed by atoms with Gasteiger partial charge in [-0.15, -0.1) is 0 Å². The Hall–Kier alpha value is -0.610. The predicted octanol–water partition coefficient (Wildman–Crippen LogP) is 1.05. The van der Waals surface area contributed by atoms with Crippen molar-refractivity contribution < 1.29 is 19.3 Å². The van der Waals surface area contributed by atoms with Crippen LogP contribution in [0.3, 0.4) is 0 Å². The lowest BCUT2D eigenvalue weighted by Gasteiger charge is -2.32. The summed E-state index contributed by atoms with van der Waals surface area (Å²) in [5.41, 5.74) is -0.463. The monoisotopic (exact) mass is 174 g/mol. The SMILES string of the molecule is CC1OOC1C(=O)OC(C)(C)C. The summed E-state index contributed by atoms with van der Waals surface area (Å²) in [6.45, 7) is 7.21. The quantitative estimate of drug-likeness (QED) is 0.440. The largest absolute Gasteiger partial charge is 0.458 e. The molecule has 1 fully saturated rings.